The summed E-state index contributed by atoms with van der Waals surface area (Å²) in [4.78, 5) is 1.58. The Morgan fingerprint density at radius 3 is 2.78 bits per heavy atom. The summed E-state index contributed by atoms with van der Waals surface area (Å²) < 4.78 is 0. The number of hydrogen-bond donors (Lipinski definition) is 2. The van der Waals surface area contributed by atoms with Crippen LogP contribution in [0.3, 0.4) is 0 Å². The highest BCUT2D eigenvalue weighted by Crippen LogP contribution is 2.06. The Bertz CT molecular complexity index is 162. The average Bonchev–Trinajstić information content (AvgIpc) is 1.80. The van der Waals surface area contributed by atoms with Crippen molar-refractivity contribution in [2.24, 2.45) is 0 Å². The highest BCUT2D eigenvalue weighted by atomic mass is 16.3. The third-order valence-corrected chi connectivity index (χ3v) is 1.22. The molecule has 50 valence electrons. The first kappa shape index (κ1) is 6.16. The average molecular weight is 127 g/mol. The summed E-state index contributed by atoms with van der Waals surface area (Å²) in [6.07, 6.45) is 3.81. The van der Waals surface area contributed by atoms with E-state index in [1.54, 1.807) is 18.1 Å². The van der Waals surface area contributed by atoms with Crippen LogP contribution in [0.25, 0.3) is 0 Å². The van der Waals surface area contributed by atoms with Crippen molar-refractivity contribution in [3.05, 3.63) is 24.1 Å². The van der Waals surface area contributed by atoms with Gasteiger partial charge in [-0.2, -0.15) is 0 Å². The summed E-state index contributed by atoms with van der Waals surface area (Å²) in [6, 6.07) is 0. The number of rotatable bonds is 0. The lowest BCUT2D eigenvalue weighted by atomic mass is 10.3. The SMILES string of the molecule is CN1C=CC(O)=CC1O. The standard InChI is InChI=1S/C6H9NO2/c1-7-3-2-5(8)4-6(7)9/h2-4,6,8-9H,1H3. The summed E-state index contributed by atoms with van der Waals surface area (Å²) >= 11 is 0. The van der Waals surface area contributed by atoms with E-state index in [0.717, 1.165) is 0 Å². The van der Waals surface area contributed by atoms with Gasteiger partial charge in [0.05, 0.1) is 0 Å². The Hall–Kier alpha value is -0.960. The first-order valence-corrected chi connectivity index (χ1v) is 2.69. The van der Waals surface area contributed by atoms with Crippen LogP contribution >= 0.6 is 0 Å². The molecule has 0 saturated heterocycles. The summed E-state index contributed by atoms with van der Waals surface area (Å²) in [7, 11) is 1.73. The third-order valence-electron chi connectivity index (χ3n) is 1.22. The van der Waals surface area contributed by atoms with E-state index in [9.17, 15) is 0 Å². The minimum absolute atomic E-state index is 0.112. The van der Waals surface area contributed by atoms with Gasteiger partial charge in [-0.25, -0.2) is 0 Å². The van der Waals surface area contributed by atoms with Crippen LogP contribution in [0.15, 0.2) is 24.1 Å². The van der Waals surface area contributed by atoms with Crippen molar-refractivity contribution in [2.75, 3.05) is 7.05 Å². The number of hydrogen-bond acceptors (Lipinski definition) is 3. The summed E-state index contributed by atoms with van der Waals surface area (Å²) in [5.74, 6) is 0.112. The van der Waals surface area contributed by atoms with Crippen LogP contribution in [0.5, 0.6) is 0 Å². The van der Waals surface area contributed by atoms with Crippen molar-refractivity contribution >= 4 is 0 Å². The lowest BCUT2D eigenvalue weighted by Gasteiger charge is -2.21. The molecule has 2 N–H and O–H groups in total. The minimum atomic E-state index is -0.685. The zero-order valence-corrected chi connectivity index (χ0v) is 5.15. The van der Waals surface area contributed by atoms with Crippen LogP contribution in [0.2, 0.25) is 0 Å². The fourth-order valence-corrected chi connectivity index (χ4v) is 0.608. The molecule has 0 aromatic rings. The molecule has 1 rings (SSSR count). The van der Waals surface area contributed by atoms with Crippen LogP contribution < -0.4 is 0 Å². The molecular weight excluding hydrogens is 118 g/mol. The van der Waals surface area contributed by atoms with Gasteiger partial charge >= 0.3 is 0 Å². The zero-order valence-electron chi connectivity index (χ0n) is 5.15. The van der Waals surface area contributed by atoms with Gasteiger partial charge in [0.2, 0.25) is 0 Å². The maximum atomic E-state index is 8.99. The molecule has 0 fully saturated rings. The van der Waals surface area contributed by atoms with Crippen LogP contribution in [0.1, 0.15) is 0 Å². The highest BCUT2D eigenvalue weighted by molar-refractivity contribution is 5.16. The molecule has 0 aromatic heterocycles. The second-order valence-electron chi connectivity index (χ2n) is 1.99. The first-order chi connectivity index (χ1) is 4.20. The smallest absolute Gasteiger partial charge is 0.149 e. The number of aliphatic hydroxyl groups excluding tert-OH is 2. The number of likely N-dealkylation sites (N-methyl/N-ethyl adjacent to an activating group) is 1. The molecule has 1 heterocycles. The molecule has 0 spiro atoms. The predicted molar refractivity (Wildman–Crippen MR) is 33.6 cm³/mol. The fourth-order valence-electron chi connectivity index (χ4n) is 0.608. The largest absolute Gasteiger partial charge is 0.508 e. The quantitative estimate of drug-likeness (QED) is 0.488. The first-order valence-electron chi connectivity index (χ1n) is 2.69. The molecule has 3 nitrogen and oxygen atoms in total. The van der Waals surface area contributed by atoms with E-state index in [-0.39, 0.29) is 5.76 Å². The minimum Gasteiger partial charge on any atom is -0.508 e. The molecule has 0 radical (unpaired) electrons. The number of nitrogens with zero attached hydrogens (tertiary/aromatic N) is 1. The van der Waals surface area contributed by atoms with Gasteiger partial charge in [0.25, 0.3) is 0 Å². The molecule has 0 amide bonds. The van der Waals surface area contributed by atoms with Crippen molar-refractivity contribution < 1.29 is 10.2 Å². The third kappa shape index (κ3) is 1.23. The Balaban J connectivity index is 2.70. The van der Waals surface area contributed by atoms with E-state index in [1.165, 1.54) is 12.2 Å². The summed E-state index contributed by atoms with van der Waals surface area (Å²) in [5, 5.41) is 17.8. The van der Waals surface area contributed by atoms with Crippen molar-refractivity contribution in [1.29, 1.82) is 0 Å². The van der Waals surface area contributed by atoms with Crippen molar-refractivity contribution in [1.82, 2.24) is 4.90 Å². The normalized spacial score (nSPS) is 26.2. The van der Waals surface area contributed by atoms with Gasteiger partial charge in [0.1, 0.15) is 12.0 Å². The Kier molecular flexibility index (Phi) is 1.44. The van der Waals surface area contributed by atoms with Crippen LogP contribution in [-0.2, 0) is 0 Å². The highest BCUT2D eigenvalue weighted by Gasteiger charge is 2.07. The van der Waals surface area contributed by atoms with Gasteiger partial charge in [-0.05, 0) is 6.08 Å². The Labute approximate surface area is 53.5 Å². The molecule has 1 aliphatic heterocycles. The van der Waals surface area contributed by atoms with Gasteiger partial charge in [0.15, 0.2) is 0 Å². The molecule has 1 atom stereocenters. The van der Waals surface area contributed by atoms with Crippen LogP contribution in [0.4, 0.5) is 0 Å². The fraction of sp³-hybridized carbons (Fsp3) is 0.333. The molecule has 0 saturated carbocycles. The second-order valence-corrected chi connectivity index (χ2v) is 1.99. The van der Waals surface area contributed by atoms with Gasteiger partial charge in [-0.1, -0.05) is 0 Å². The maximum absolute atomic E-state index is 8.99. The molecule has 9 heavy (non-hydrogen) atoms. The maximum Gasteiger partial charge on any atom is 0.149 e. The molecule has 0 aliphatic carbocycles. The van der Waals surface area contributed by atoms with E-state index >= 15 is 0 Å². The van der Waals surface area contributed by atoms with Gasteiger partial charge in [-0.3, -0.25) is 0 Å². The summed E-state index contributed by atoms with van der Waals surface area (Å²) in [6.45, 7) is 0. The van der Waals surface area contributed by atoms with E-state index in [0.29, 0.717) is 0 Å². The van der Waals surface area contributed by atoms with Crippen LogP contribution in [0, 0.1) is 0 Å². The Morgan fingerprint density at radius 1 is 1.67 bits per heavy atom. The van der Waals surface area contributed by atoms with E-state index in [4.69, 9.17) is 10.2 Å². The van der Waals surface area contributed by atoms with E-state index in [1.807, 2.05) is 0 Å². The summed E-state index contributed by atoms with van der Waals surface area (Å²) in [5.41, 5.74) is 0. The molecule has 0 aromatic carbocycles. The van der Waals surface area contributed by atoms with E-state index < -0.39 is 6.23 Å². The second kappa shape index (κ2) is 2.11. The lowest BCUT2D eigenvalue weighted by Crippen LogP contribution is -2.26. The van der Waals surface area contributed by atoms with Gasteiger partial charge in [0, 0.05) is 19.3 Å². The predicted octanol–water partition coefficient (Wildman–Crippen LogP) is 0.206. The number of aliphatic hydroxyl groups is 2. The van der Waals surface area contributed by atoms with Crippen molar-refractivity contribution in [3.63, 3.8) is 0 Å². The van der Waals surface area contributed by atoms with Gasteiger partial charge in [-0.15, -0.1) is 0 Å². The topological polar surface area (TPSA) is 43.7 Å². The van der Waals surface area contributed by atoms with Crippen molar-refractivity contribution in [3.8, 4) is 0 Å². The Morgan fingerprint density at radius 2 is 2.33 bits per heavy atom. The van der Waals surface area contributed by atoms with Crippen molar-refractivity contribution in [2.45, 2.75) is 6.23 Å². The molecule has 3 heteroatoms. The monoisotopic (exact) mass is 127 g/mol. The molecule has 1 unspecified atom stereocenters. The van der Waals surface area contributed by atoms with Gasteiger partial charge < -0.3 is 15.1 Å². The zero-order chi connectivity index (χ0) is 6.85. The van der Waals surface area contributed by atoms with Crippen LogP contribution in [-0.4, -0.2) is 28.4 Å². The molecule has 0 bridgehead atoms. The molecular formula is C6H9NO2. The molecule has 1 aliphatic rings. The number of allylic oxidation sites excluding steroid dienone is 1. The lowest BCUT2D eigenvalue weighted by molar-refractivity contribution is 0.0924. The van der Waals surface area contributed by atoms with E-state index in [2.05, 4.69) is 0 Å².